The Morgan fingerprint density at radius 1 is 1.75 bits per heavy atom. The minimum absolute atomic E-state index is 0.540. The van der Waals surface area contributed by atoms with Crippen molar-refractivity contribution in [3.63, 3.8) is 0 Å². The van der Waals surface area contributed by atoms with E-state index in [-0.39, 0.29) is 0 Å². The summed E-state index contributed by atoms with van der Waals surface area (Å²) < 4.78 is 0.540. The highest BCUT2D eigenvalue weighted by atomic mass is 32.1. The standard InChI is InChI=1S/C4H10N2S2/c5-2-1-3-6-4(7)8/h1-3,5H2,(H2,6,7,8). The number of thiol groups is 1. The van der Waals surface area contributed by atoms with Crippen LogP contribution in [0.15, 0.2) is 0 Å². The van der Waals surface area contributed by atoms with Gasteiger partial charge in [0.1, 0.15) is 4.32 Å². The molecular weight excluding hydrogens is 140 g/mol. The number of rotatable bonds is 3. The van der Waals surface area contributed by atoms with Crippen molar-refractivity contribution in [3.05, 3.63) is 0 Å². The molecule has 0 radical (unpaired) electrons. The van der Waals surface area contributed by atoms with E-state index < -0.39 is 0 Å². The van der Waals surface area contributed by atoms with E-state index in [1.54, 1.807) is 0 Å². The zero-order valence-corrected chi connectivity index (χ0v) is 6.27. The Labute approximate surface area is 60.2 Å². The lowest BCUT2D eigenvalue weighted by atomic mass is 10.4. The molecule has 0 aromatic carbocycles. The van der Waals surface area contributed by atoms with E-state index in [9.17, 15) is 0 Å². The molecule has 48 valence electrons. The Balaban J connectivity index is 2.82. The third-order valence-electron chi connectivity index (χ3n) is 0.657. The maximum Gasteiger partial charge on any atom is 0.130 e. The van der Waals surface area contributed by atoms with Crippen LogP contribution >= 0.6 is 24.8 Å². The summed E-state index contributed by atoms with van der Waals surface area (Å²) in [5.74, 6) is 0. The SMILES string of the molecule is NCCCNC(=S)S. The Kier molecular flexibility index (Phi) is 5.47. The van der Waals surface area contributed by atoms with Crippen molar-refractivity contribution >= 4 is 29.2 Å². The molecule has 4 heteroatoms. The van der Waals surface area contributed by atoms with Gasteiger partial charge in [-0.2, -0.15) is 0 Å². The maximum absolute atomic E-state index is 5.21. The molecule has 0 aliphatic heterocycles. The Hall–Kier alpha value is 0.200. The summed E-state index contributed by atoms with van der Waals surface area (Å²) >= 11 is 8.47. The van der Waals surface area contributed by atoms with Crippen molar-refractivity contribution in [2.75, 3.05) is 13.1 Å². The van der Waals surface area contributed by atoms with Gasteiger partial charge >= 0.3 is 0 Å². The smallest absolute Gasteiger partial charge is 0.130 e. The molecule has 0 aliphatic rings. The molecule has 0 heterocycles. The van der Waals surface area contributed by atoms with E-state index >= 15 is 0 Å². The van der Waals surface area contributed by atoms with E-state index in [2.05, 4.69) is 30.2 Å². The molecule has 0 bridgehead atoms. The van der Waals surface area contributed by atoms with E-state index in [0.717, 1.165) is 13.0 Å². The van der Waals surface area contributed by atoms with Gasteiger partial charge in [-0.15, -0.1) is 12.6 Å². The molecular formula is C4H10N2S2. The van der Waals surface area contributed by atoms with Crippen LogP contribution in [0.5, 0.6) is 0 Å². The Bertz CT molecular complexity index is 74.4. The largest absolute Gasteiger partial charge is 0.371 e. The van der Waals surface area contributed by atoms with Crippen molar-refractivity contribution in [1.82, 2.24) is 5.32 Å². The molecule has 0 aromatic rings. The molecule has 0 aromatic heterocycles. The molecule has 0 unspecified atom stereocenters. The number of nitrogens with two attached hydrogens (primary N) is 1. The van der Waals surface area contributed by atoms with Crippen molar-refractivity contribution in [3.8, 4) is 0 Å². The summed E-state index contributed by atoms with van der Waals surface area (Å²) in [6, 6.07) is 0. The number of nitrogens with one attached hydrogen (secondary N) is 1. The highest BCUT2D eigenvalue weighted by Gasteiger charge is 1.83. The van der Waals surface area contributed by atoms with Gasteiger partial charge in [-0.05, 0) is 13.0 Å². The minimum Gasteiger partial charge on any atom is -0.371 e. The molecule has 0 spiro atoms. The lowest BCUT2D eigenvalue weighted by Gasteiger charge is -1.98. The van der Waals surface area contributed by atoms with Gasteiger partial charge < -0.3 is 11.1 Å². The first kappa shape index (κ1) is 8.20. The van der Waals surface area contributed by atoms with Gasteiger partial charge in [0.25, 0.3) is 0 Å². The van der Waals surface area contributed by atoms with Crippen LogP contribution in [0.3, 0.4) is 0 Å². The van der Waals surface area contributed by atoms with Crippen LogP contribution in [0.1, 0.15) is 6.42 Å². The second kappa shape index (κ2) is 5.34. The molecule has 2 nitrogen and oxygen atoms in total. The Morgan fingerprint density at radius 2 is 2.38 bits per heavy atom. The fourth-order valence-electron chi connectivity index (χ4n) is 0.297. The van der Waals surface area contributed by atoms with Crippen LogP contribution in [0.2, 0.25) is 0 Å². The average molecular weight is 150 g/mol. The molecule has 0 saturated heterocycles. The summed E-state index contributed by atoms with van der Waals surface area (Å²) in [5.41, 5.74) is 5.21. The lowest BCUT2D eigenvalue weighted by Crippen LogP contribution is -2.19. The highest BCUT2D eigenvalue weighted by molar-refractivity contribution is 8.11. The molecule has 0 atom stereocenters. The summed E-state index contributed by atoms with van der Waals surface area (Å²) in [7, 11) is 0. The summed E-state index contributed by atoms with van der Waals surface area (Å²) in [5, 5.41) is 2.86. The van der Waals surface area contributed by atoms with E-state index in [1.807, 2.05) is 0 Å². The van der Waals surface area contributed by atoms with Crippen molar-refractivity contribution in [2.24, 2.45) is 5.73 Å². The number of thiocarbonyl (C=S) groups is 1. The van der Waals surface area contributed by atoms with Gasteiger partial charge in [0.15, 0.2) is 0 Å². The monoisotopic (exact) mass is 150 g/mol. The van der Waals surface area contributed by atoms with E-state index in [0.29, 0.717) is 10.9 Å². The van der Waals surface area contributed by atoms with Crippen LogP contribution in [0.25, 0.3) is 0 Å². The van der Waals surface area contributed by atoms with Crippen molar-refractivity contribution in [2.45, 2.75) is 6.42 Å². The van der Waals surface area contributed by atoms with Gasteiger partial charge in [0.2, 0.25) is 0 Å². The molecule has 0 amide bonds. The van der Waals surface area contributed by atoms with Gasteiger partial charge in [-0.25, -0.2) is 0 Å². The van der Waals surface area contributed by atoms with Crippen LogP contribution in [-0.4, -0.2) is 17.4 Å². The van der Waals surface area contributed by atoms with Gasteiger partial charge in [0.05, 0.1) is 0 Å². The van der Waals surface area contributed by atoms with Gasteiger partial charge in [0, 0.05) is 6.54 Å². The first-order valence-corrected chi connectivity index (χ1v) is 3.29. The van der Waals surface area contributed by atoms with Crippen LogP contribution in [0, 0.1) is 0 Å². The third kappa shape index (κ3) is 6.20. The molecule has 0 rings (SSSR count). The maximum atomic E-state index is 5.21. The molecule has 0 saturated carbocycles. The molecule has 0 aliphatic carbocycles. The normalized spacial score (nSPS) is 8.75. The fourth-order valence-corrected chi connectivity index (χ4v) is 0.511. The second-order valence-corrected chi connectivity index (χ2v) is 2.53. The third-order valence-corrected chi connectivity index (χ3v) is 0.960. The van der Waals surface area contributed by atoms with Crippen LogP contribution < -0.4 is 11.1 Å². The number of hydrogen-bond donors (Lipinski definition) is 3. The second-order valence-electron chi connectivity index (χ2n) is 1.37. The predicted octanol–water partition coefficient (Wildman–Crippen LogP) is 0.140. The van der Waals surface area contributed by atoms with Gasteiger partial charge in [-0.1, -0.05) is 12.2 Å². The zero-order valence-electron chi connectivity index (χ0n) is 4.55. The van der Waals surface area contributed by atoms with Crippen LogP contribution in [0.4, 0.5) is 0 Å². The summed E-state index contributed by atoms with van der Waals surface area (Å²) in [6.07, 6.45) is 0.945. The van der Waals surface area contributed by atoms with Gasteiger partial charge in [-0.3, -0.25) is 0 Å². The molecule has 0 fully saturated rings. The van der Waals surface area contributed by atoms with Crippen molar-refractivity contribution < 1.29 is 0 Å². The predicted molar refractivity (Wildman–Crippen MR) is 43.3 cm³/mol. The first-order valence-electron chi connectivity index (χ1n) is 2.44. The lowest BCUT2D eigenvalue weighted by molar-refractivity contribution is 0.793. The average Bonchev–Trinajstić information content (AvgIpc) is 1.66. The zero-order chi connectivity index (χ0) is 6.41. The Morgan fingerprint density at radius 3 is 2.75 bits per heavy atom. The molecule has 3 N–H and O–H groups in total. The fraction of sp³-hybridized carbons (Fsp3) is 0.750. The number of hydrogen-bond acceptors (Lipinski definition) is 2. The van der Waals surface area contributed by atoms with Crippen molar-refractivity contribution in [1.29, 1.82) is 0 Å². The summed E-state index contributed by atoms with van der Waals surface area (Å²) in [4.78, 5) is 0. The summed E-state index contributed by atoms with van der Waals surface area (Å²) in [6.45, 7) is 1.53. The topological polar surface area (TPSA) is 38.0 Å². The first-order chi connectivity index (χ1) is 3.77. The van der Waals surface area contributed by atoms with E-state index in [1.165, 1.54) is 0 Å². The van der Waals surface area contributed by atoms with Crippen LogP contribution in [-0.2, 0) is 0 Å². The molecule has 8 heavy (non-hydrogen) atoms. The highest BCUT2D eigenvalue weighted by Crippen LogP contribution is 1.77. The minimum atomic E-state index is 0.540. The van der Waals surface area contributed by atoms with E-state index in [4.69, 9.17) is 5.73 Å². The quantitative estimate of drug-likeness (QED) is 0.304.